The summed E-state index contributed by atoms with van der Waals surface area (Å²) < 4.78 is 44.3. The van der Waals surface area contributed by atoms with Crippen molar-refractivity contribution >= 4 is 22.1 Å². The van der Waals surface area contributed by atoms with Crippen molar-refractivity contribution in [3.63, 3.8) is 0 Å². The lowest BCUT2D eigenvalue weighted by molar-refractivity contribution is -0.183. The first-order valence-corrected chi connectivity index (χ1v) is 17.3. The maximum atomic E-state index is 14.0. The standard InChI is InChI=1S/C30H43NO7S/c1-2-30(15-18-13-21(30)24-17-7-6-16(12-17)23(18)24)37-29(33)25-19-14-20-27(38-39(34,35)28(20)25)26(19)36-22(32)8-11-31-9-4-3-5-10-31/h16-21,23-28H,2-15H2,1H3. The molecule has 0 radical (unpaired) electrons. The van der Waals surface area contributed by atoms with Crippen molar-refractivity contribution < 1.29 is 31.7 Å². The van der Waals surface area contributed by atoms with Crippen molar-refractivity contribution in [2.75, 3.05) is 19.6 Å². The van der Waals surface area contributed by atoms with E-state index in [0.29, 0.717) is 30.7 Å². The molecule has 8 rings (SSSR count). The van der Waals surface area contributed by atoms with Crippen LogP contribution in [0, 0.1) is 53.3 Å². The average Bonchev–Trinajstić information content (AvgIpc) is 3.76. The van der Waals surface area contributed by atoms with Crippen LogP contribution < -0.4 is 0 Å². The Bertz CT molecular complexity index is 1150. The second-order valence-electron chi connectivity index (χ2n) is 14.3. The highest BCUT2D eigenvalue weighted by molar-refractivity contribution is 7.87. The van der Waals surface area contributed by atoms with Gasteiger partial charge in [0.1, 0.15) is 23.1 Å². The van der Waals surface area contributed by atoms with E-state index in [1.54, 1.807) is 0 Å². The summed E-state index contributed by atoms with van der Waals surface area (Å²) >= 11 is 0. The normalized spacial score (nSPS) is 51.9. The van der Waals surface area contributed by atoms with Crippen molar-refractivity contribution in [2.24, 2.45) is 53.3 Å². The van der Waals surface area contributed by atoms with E-state index < -0.39 is 39.1 Å². The molecule has 2 saturated heterocycles. The molecule has 216 valence electrons. The lowest BCUT2D eigenvalue weighted by atomic mass is 9.65. The Morgan fingerprint density at radius 2 is 1.74 bits per heavy atom. The SMILES string of the molecule is CCC1(OC(=O)C2C3CC4C(OS(=O)(=O)C42)C3OC(=O)CCN2CCCCC2)CC2CC1C1C3CCC(C3)C21. The minimum absolute atomic E-state index is 0.276. The first-order valence-electron chi connectivity index (χ1n) is 15.9. The maximum absolute atomic E-state index is 14.0. The lowest BCUT2D eigenvalue weighted by Crippen LogP contribution is -2.51. The molecular formula is C30H43NO7S. The van der Waals surface area contributed by atoms with Crippen LogP contribution in [0.3, 0.4) is 0 Å². The molecule has 39 heavy (non-hydrogen) atoms. The number of carbonyl (C=O) groups is 2. The fourth-order valence-corrected chi connectivity index (χ4v) is 13.7. The largest absolute Gasteiger partial charge is 0.459 e. The van der Waals surface area contributed by atoms with E-state index in [1.807, 2.05) is 0 Å². The van der Waals surface area contributed by atoms with E-state index in [2.05, 4.69) is 11.8 Å². The number of fused-ring (bicyclic) bond motifs is 10. The minimum Gasteiger partial charge on any atom is -0.459 e. The average molecular weight is 562 g/mol. The van der Waals surface area contributed by atoms with Gasteiger partial charge in [0.15, 0.2) is 0 Å². The van der Waals surface area contributed by atoms with Gasteiger partial charge in [0, 0.05) is 24.3 Å². The number of carbonyl (C=O) groups excluding carboxylic acids is 2. The third kappa shape index (κ3) is 3.63. The summed E-state index contributed by atoms with van der Waals surface area (Å²) in [5.41, 5.74) is -0.474. The van der Waals surface area contributed by atoms with Gasteiger partial charge in [-0.1, -0.05) is 13.3 Å². The summed E-state index contributed by atoms with van der Waals surface area (Å²) in [6, 6.07) is 0. The first kappa shape index (κ1) is 25.5. The molecule has 13 unspecified atom stereocenters. The Morgan fingerprint density at radius 3 is 2.51 bits per heavy atom. The van der Waals surface area contributed by atoms with Gasteiger partial charge in [0.25, 0.3) is 10.1 Å². The molecule has 2 aliphatic heterocycles. The van der Waals surface area contributed by atoms with E-state index in [-0.39, 0.29) is 30.2 Å². The highest BCUT2D eigenvalue weighted by atomic mass is 32.2. The van der Waals surface area contributed by atoms with Crippen LogP contribution in [-0.4, -0.2) is 67.9 Å². The molecule has 0 amide bonds. The Morgan fingerprint density at radius 1 is 0.974 bits per heavy atom. The molecule has 8 aliphatic rings. The maximum Gasteiger partial charge on any atom is 0.311 e. The van der Waals surface area contributed by atoms with Crippen LogP contribution in [0.5, 0.6) is 0 Å². The lowest BCUT2D eigenvalue weighted by Gasteiger charge is -2.46. The minimum atomic E-state index is -3.92. The monoisotopic (exact) mass is 561 g/mol. The highest BCUT2D eigenvalue weighted by Gasteiger charge is 2.73. The molecule has 6 aliphatic carbocycles. The van der Waals surface area contributed by atoms with E-state index in [1.165, 1.54) is 25.7 Å². The molecule has 0 aromatic heterocycles. The van der Waals surface area contributed by atoms with Crippen molar-refractivity contribution in [3.05, 3.63) is 0 Å². The van der Waals surface area contributed by atoms with Gasteiger partial charge in [-0.15, -0.1) is 0 Å². The quantitative estimate of drug-likeness (QED) is 0.265. The van der Waals surface area contributed by atoms with E-state index in [4.69, 9.17) is 13.7 Å². The summed E-state index contributed by atoms with van der Waals surface area (Å²) in [5.74, 6) is 2.01. The van der Waals surface area contributed by atoms with E-state index in [0.717, 1.165) is 62.9 Å². The number of esters is 2. The van der Waals surface area contributed by atoms with Crippen LogP contribution in [0.2, 0.25) is 0 Å². The van der Waals surface area contributed by atoms with Crippen molar-refractivity contribution in [3.8, 4) is 0 Å². The molecule has 8 fully saturated rings. The van der Waals surface area contributed by atoms with E-state index in [9.17, 15) is 18.0 Å². The van der Waals surface area contributed by atoms with Gasteiger partial charge in [-0.05, 0) is 100 Å². The molecule has 2 heterocycles. The number of likely N-dealkylation sites (tertiary alicyclic amines) is 1. The third-order valence-electron chi connectivity index (χ3n) is 12.9. The van der Waals surface area contributed by atoms with Crippen molar-refractivity contribution in [1.29, 1.82) is 0 Å². The first-order chi connectivity index (χ1) is 18.8. The number of nitrogens with zero attached hydrogens (tertiary/aromatic N) is 1. The molecule has 0 aromatic carbocycles. The zero-order valence-corrected chi connectivity index (χ0v) is 23.9. The summed E-state index contributed by atoms with van der Waals surface area (Å²) in [6.45, 7) is 4.80. The van der Waals surface area contributed by atoms with Gasteiger partial charge in [0.05, 0.1) is 12.3 Å². The van der Waals surface area contributed by atoms with Gasteiger partial charge in [-0.2, -0.15) is 8.42 Å². The van der Waals surface area contributed by atoms with Crippen LogP contribution in [0.1, 0.15) is 77.6 Å². The second kappa shape index (κ2) is 8.90. The third-order valence-corrected chi connectivity index (χ3v) is 14.7. The number of hydrogen-bond donors (Lipinski definition) is 0. The summed E-state index contributed by atoms with van der Waals surface area (Å²) in [6.07, 6.45) is 9.93. The molecule has 13 atom stereocenters. The van der Waals surface area contributed by atoms with Crippen molar-refractivity contribution in [1.82, 2.24) is 4.90 Å². The van der Waals surface area contributed by atoms with Crippen LogP contribution >= 0.6 is 0 Å². The second-order valence-corrected chi connectivity index (χ2v) is 16.1. The molecule has 0 spiro atoms. The zero-order chi connectivity index (χ0) is 26.7. The molecule has 0 N–H and O–H groups in total. The highest BCUT2D eigenvalue weighted by Crippen LogP contribution is 2.71. The van der Waals surface area contributed by atoms with E-state index >= 15 is 0 Å². The molecular weight excluding hydrogens is 518 g/mol. The van der Waals surface area contributed by atoms with Gasteiger partial charge in [0.2, 0.25) is 0 Å². The number of ether oxygens (including phenoxy) is 2. The Kier molecular flexibility index (Phi) is 5.83. The van der Waals surface area contributed by atoms with Gasteiger partial charge < -0.3 is 14.4 Å². The molecule has 9 heteroatoms. The molecule has 6 bridgehead atoms. The van der Waals surface area contributed by atoms with Crippen LogP contribution in [-0.2, 0) is 33.4 Å². The summed E-state index contributed by atoms with van der Waals surface area (Å²) in [4.78, 5) is 29.2. The topological polar surface area (TPSA) is 99.2 Å². The van der Waals surface area contributed by atoms with Gasteiger partial charge in [-0.25, -0.2) is 0 Å². The smallest absolute Gasteiger partial charge is 0.311 e. The van der Waals surface area contributed by atoms with Gasteiger partial charge in [-0.3, -0.25) is 13.8 Å². The van der Waals surface area contributed by atoms with Crippen LogP contribution in [0.4, 0.5) is 0 Å². The Balaban J connectivity index is 0.994. The van der Waals surface area contributed by atoms with Gasteiger partial charge >= 0.3 is 11.9 Å². The zero-order valence-electron chi connectivity index (χ0n) is 23.0. The Labute approximate surface area is 232 Å². The molecule has 0 aromatic rings. The van der Waals surface area contributed by atoms with Crippen molar-refractivity contribution in [2.45, 2.75) is 101 Å². The van der Waals surface area contributed by atoms with Crippen LogP contribution in [0.25, 0.3) is 0 Å². The number of rotatable bonds is 7. The Hall–Kier alpha value is -1.19. The predicted octanol–water partition coefficient (Wildman–Crippen LogP) is 3.53. The summed E-state index contributed by atoms with van der Waals surface area (Å²) in [7, 11) is -3.92. The fraction of sp³-hybridized carbons (Fsp3) is 0.933. The number of hydrogen-bond acceptors (Lipinski definition) is 8. The molecule has 6 saturated carbocycles. The summed E-state index contributed by atoms with van der Waals surface area (Å²) in [5, 5.41) is -0.869. The molecule has 8 nitrogen and oxygen atoms in total. The fourth-order valence-electron chi connectivity index (χ4n) is 11.7. The van der Waals surface area contributed by atoms with Crippen LogP contribution in [0.15, 0.2) is 0 Å². The predicted molar refractivity (Wildman–Crippen MR) is 141 cm³/mol. The number of piperidine rings is 1.